The predicted molar refractivity (Wildman–Crippen MR) is 133 cm³/mol. The van der Waals surface area contributed by atoms with Gasteiger partial charge < -0.3 is 10.2 Å². The minimum absolute atomic E-state index is 0.0745. The monoisotopic (exact) mass is 467 g/mol. The van der Waals surface area contributed by atoms with Crippen LogP contribution in [-0.4, -0.2) is 32.7 Å². The second-order valence-electron chi connectivity index (χ2n) is 11.0. The molecule has 0 saturated heterocycles. The van der Waals surface area contributed by atoms with E-state index in [1.54, 1.807) is 28.7 Å². The van der Waals surface area contributed by atoms with Crippen molar-refractivity contribution in [2.24, 2.45) is 22.7 Å². The number of allylic oxidation sites excluding steroid dienone is 3. The Bertz CT molecular complexity index is 1090. The minimum atomic E-state index is -0.653. The van der Waals surface area contributed by atoms with Crippen LogP contribution in [0.3, 0.4) is 0 Å². The summed E-state index contributed by atoms with van der Waals surface area (Å²) in [6, 6.07) is 8.30. The van der Waals surface area contributed by atoms with Gasteiger partial charge in [0.05, 0.1) is 21.9 Å². The molecule has 5 heteroatoms. The Labute approximate surface area is 199 Å². The second-order valence-corrected chi connectivity index (χ2v) is 13.3. The topological polar surface area (TPSA) is 53.4 Å². The van der Waals surface area contributed by atoms with Crippen molar-refractivity contribution in [2.75, 3.05) is 5.75 Å². The SMILES string of the molecule is CC12CCC(O)CC1=CC=C1C2CCC2(C)C1CCC2(O)CSc1nc2ccccc2s1. The maximum atomic E-state index is 12.0. The van der Waals surface area contributed by atoms with Crippen molar-refractivity contribution in [2.45, 2.75) is 74.8 Å². The van der Waals surface area contributed by atoms with Crippen molar-refractivity contribution in [1.82, 2.24) is 4.98 Å². The minimum Gasteiger partial charge on any atom is -0.393 e. The van der Waals surface area contributed by atoms with Crippen LogP contribution in [-0.2, 0) is 0 Å². The lowest BCUT2D eigenvalue weighted by Crippen LogP contribution is -2.52. The van der Waals surface area contributed by atoms with Crippen LogP contribution in [0.2, 0.25) is 0 Å². The maximum Gasteiger partial charge on any atom is 0.151 e. The van der Waals surface area contributed by atoms with Gasteiger partial charge in [0.1, 0.15) is 0 Å². The van der Waals surface area contributed by atoms with Crippen molar-refractivity contribution < 1.29 is 10.2 Å². The molecule has 4 aliphatic carbocycles. The molecule has 32 heavy (non-hydrogen) atoms. The Morgan fingerprint density at radius 2 is 1.88 bits per heavy atom. The van der Waals surface area contributed by atoms with Gasteiger partial charge in [0.25, 0.3) is 0 Å². The third kappa shape index (κ3) is 3.04. The first kappa shape index (κ1) is 21.4. The van der Waals surface area contributed by atoms with E-state index in [0.717, 1.165) is 60.6 Å². The van der Waals surface area contributed by atoms with E-state index >= 15 is 0 Å². The molecule has 0 aliphatic heterocycles. The van der Waals surface area contributed by atoms with E-state index in [2.05, 4.69) is 44.2 Å². The van der Waals surface area contributed by atoms with E-state index in [-0.39, 0.29) is 16.9 Å². The first-order valence-corrected chi connectivity index (χ1v) is 13.9. The van der Waals surface area contributed by atoms with Gasteiger partial charge in [-0.25, -0.2) is 4.98 Å². The predicted octanol–water partition coefficient (Wildman–Crippen LogP) is 6.36. The molecule has 0 radical (unpaired) electrons. The van der Waals surface area contributed by atoms with Gasteiger partial charge in [0.2, 0.25) is 0 Å². The number of aromatic nitrogens is 1. The highest BCUT2D eigenvalue weighted by Crippen LogP contribution is 2.66. The molecule has 2 aromatic rings. The third-order valence-corrected chi connectivity index (χ3v) is 12.0. The summed E-state index contributed by atoms with van der Waals surface area (Å²) in [6.07, 6.45) is 11.6. The first-order valence-electron chi connectivity index (χ1n) is 12.1. The van der Waals surface area contributed by atoms with Crippen LogP contribution in [0.15, 0.2) is 51.9 Å². The molecule has 6 rings (SSSR count). The number of fused-ring (bicyclic) bond motifs is 6. The molecule has 3 nitrogen and oxygen atoms in total. The summed E-state index contributed by atoms with van der Waals surface area (Å²) in [5, 5.41) is 22.2. The summed E-state index contributed by atoms with van der Waals surface area (Å²) in [6.45, 7) is 4.79. The van der Waals surface area contributed by atoms with E-state index in [4.69, 9.17) is 4.98 Å². The highest BCUT2D eigenvalue weighted by molar-refractivity contribution is 8.01. The fourth-order valence-electron chi connectivity index (χ4n) is 7.43. The lowest BCUT2D eigenvalue weighted by atomic mass is 9.50. The number of thiazole rings is 1. The van der Waals surface area contributed by atoms with Gasteiger partial charge in [-0.15, -0.1) is 11.3 Å². The second kappa shape index (κ2) is 7.43. The van der Waals surface area contributed by atoms with Crippen LogP contribution in [0.5, 0.6) is 0 Å². The first-order chi connectivity index (χ1) is 15.3. The Morgan fingerprint density at radius 3 is 2.72 bits per heavy atom. The Kier molecular flexibility index (Phi) is 4.97. The molecule has 170 valence electrons. The van der Waals surface area contributed by atoms with Gasteiger partial charge in [0.15, 0.2) is 4.34 Å². The largest absolute Gasteiger partial charge is 0.393 e. The summed E-state index contributed by atoms with van der Waals surface area (Å²) in [4.78, 5) is 4.79. The zero-order valence-corrected chi connectivity index (χ0v) is 20.6. The molecule has 0 bridgehead atoms. The molecule has 1 aromatic carbocycles. The van der Waals surface area contributed by atoms with Crippen molar-refractivity contribution in [3.05, 3.63) is 47.6 Å². The molecule has 0 spiro atoms. The Balaban J connectivity index is 1.26. The number of para-hydroxylation sites is 1. The summed E-state index contributed by atoms with van der Waals surface area (Å²) < 4.78 is 2.29. The molecule has 3 fully saturated rings. The fraction of sp³-hybridized carbons (Fsp3) is 0.593. The van der Waals surface area contributed by atoms with Gasteiger partial charge in [0, 0.05) is 11.2 Å². The normalized spacial score (nSPS) is 40.9. The van der Waals surface area contributed by atoms with Crippen LogP contribution in [0.4, 0.5) is 0 Å². The summed E-state index contributed by atoms with van der Waals surface area (Å²) in [5.74, 6) is 1.76. The molecular weight excluding hydrogens is 434 g/mol. The molecule has 3 saturated carbocycles. The molecular formula is C27H33NO2S2. The molecule has 4 aliphatic rings. The average molecular weight is 468 g/mol. The van der Waals surface area contributed by atoms with Crippen LogP contribution >= 0.6 is 23.1 Å². The number of aliphatic hydroxyl groups excluding tert-OH is 1. The van der Waals surface area contributed by atoms with Crippen LogP contribution in [0.25, 0.3) is 10.2 Å². The average Bonchev–Trinajstić information content (AvgIpc) is 3.31. The fourth-order valence-corrected chi connectivity index (χ4v) is 9.80. The Morgan fingerprint density at radius 1 is 1.06 bits per heavy atom. The lowest BCUT2D eigenvalue weighted by Gasteiger charge is -2.56. The molecule has 1 aromatic heterocycles. The van der Waals surface area contributed by atoms with Gasteiger partial charge in [-0.1, -0.05) is 61.0 Å². The van der Waals surface area contributed by atoms with E-state index in [0.29, 0.717) is 11.8 Å². The standard InChI is InChI=1S/C27H33NO2S2/c1-25-12-9-18(29)15-17(25)7-8-19-20(25)10-13-26(2)21(19)11-14-27(26,30)16-31-24-28-22-5-3-4-6-23(22)32-24/h3-8,18,20-21,29-30H,9-16H2,1-2H3. The summed E-state index contributed by atoms with van der Waals surface area (Å²) in [5.41, 5.74) is 3.56. The van der Waals surface area contributed by atoms with E-state index in [9.17, 15) is 10.2 Å². The van der Waals surface area contributed by atoms with Gasteiger partial charge in [-0.2, -0.15) is 0 Å². The zero-order valence-electron chi connectivity index (χ0n) is 19.0. The zero-order chi connectivity index (χ0) is 22.1. The molecule has 2 N–H and O–H groups in total. The summed E-state index contributed by atoms with van der Waals surface area (Å²) >= 11 is 3.48. The lowest BCUT2D eigenvalue weighted by molar-refractivity contribution is -0.0678. The molecule has 0 amide bonds. The van der Waals surface area contributed by atoms with Crippen LogP contribution in [0.1, 0.15) is 58.8 Å². The Hall–Kier alpha value is -1.14. The number of benzene rings is 1. The highest BCUT2D eigenvalue weighted by Gasteiger charge is 2.61. The smallest absolute Gasteiger partial charge is 0.151 e. The number of hydrogen-bond donors (Lipinski definition) is 2. The van der Waals surface area contributed by atoms with Gasteiger partial charge in [-0.3, -0.25) is 0 Å². The van der Waals surface area contributed by atoms with Crippen molar-refractivity contribution in [3.8, 4) is 0 Å². The highest BCUT2D eigenvalue weighted by atomic mass is 32.2. The number of aliphatic hydroxyl groups is 2. The molecule has 6 atom stereocenters. The quantitative estimate of drug-likeness (QED) is 0.516. The van der Waals surface area contributed by atoms with Crippen molar-refractivity contribution >= 4 is 33.3 Å². The van der Waals surface area contributed by atoms with Crippen LogP contribution < -0.4 is 0 Å². The summed E-state index contributed by atoms with van der Waals surface area (Å²) in [7, 11) is 0. The number of thioether (sulfide) groups is 1. The number of hydrogen-bond acceptors (Lipinski definition) is 5. The van der Waals surface area contributed by atoms with Crippen molar-refractivity contribution in [1.29, 1.82) is 0 Å². The van der Waals surface area contributed by atoms with E-state index in [1.807, 2.05) is 6.07 Å². The third-order valence-electron chi connectivity index (χ3n) is 9.58. The number of rotatable bonds is 3. The van der Waals surface area contributed by atoms with E-state index < -0.39 is 5.60 Å². The maximum absolute atomic E-state index is 12.0. The van der Waals surface area contributed by atoms with Gasteiger partial charge >= 0.3 is 0 Å². The van der Waals surface area contributed by atoms with Crippen LogP contribution in [0, 0.1) is 22.7 Å². The molecule has 6 unspecified atom stereocenters. The van der Waals surface area contributed by atoms with Gasteiger partial charge in [-0.05, 0) is 74.3 Å². The van der Waals surface area contributed by atoms with E-state index in [1.165, 1.54) is 10.3 Å². The van der Waals surface area contributed by atoms with Crippen molar-refractivity contribution in [3.63, 3.8) is 0 Å². The molecule has 1 heterocycles. The number of nitrogens with zero attached hydrogens (tertiary/aromatic N) is 1.